The van der Waals surface area contributed by atoms with Gasteiger partial charge in [0, 0.05) is 17.3 Å². The van der Waals surface area contributed by atoms with Gasteiger partial charge < -0.3 is 0 Å². The van der Waals surface area contributed by atoms with E-state index in [0.717, 1.165) is 6.07 Å². The molecule has 0 aliphatic carbocycles. The van der Waals surface area contributed by atoms with Crippen molar-refractivity contribution >= 4 is 29.5 Å². The predicted molar refractivity (Wildman–Crippen MR) is 65.0 cm³/mol. The van der Waals surface area contributed by atoms with Gasteiger partial charge in [-0.05, 0) is 18.2 Å². The molecule has 0 radical (unpaired) electrons. The Labute approximate surface area is 107 Å². The van der Waals surface area contributed by atoms with Crippen LogP contribution in [0.5, 0.6) is 0 Å². The third-order valence-corrected chi connectivity index (χ3v) is 2.83. The molecule has 2 rings (SSSR count). The fourth-order valence-corrected chi connectivity index (χ4v) is 2.00. The van der Waals surface area contributed by atoms with Gasteiger partial charge in [-0.15, -0.1) is 0 Å². The summed E-state index contributed by atoms with van der Waals surface area (Å²) in [6.07, 6.45) is 1.79. The number of pyridine rings is 1. The summed E-state index contributed by atoms with van der Waals surface area (Å²) in [6.45, 7) is 0. The van der Waals surface area contributed by atoms with Gasteiger partial charge in [-0.25, -0.2) is 4.39 Å². The third-order valence-electron chi connectivity index (χ3n) is 2.20. The quantitative estimate of drug-likeness (QED) is 0.772. The van der Waals surface area contributed by atoms with E-state index in [4.69, 9.17) is 23.2 Å². The highest BCUT2D eigenvalue weighted by Crippen LogP contribution is 2.34. The standard InChI is InChI=1S/C12H6Cl2FNO/c13-8-2-1-3-9(14)11(8)12-10(15)4-7(6-17)5-16-12/h1-6H. The molecular formula is C12H6Cl2FNO. The van der Waals surface area contributed by atoms with Crippen LogP contribution in [0.2, 0.25) is 10.0 Å². The average Bonchev–Trinajstić information content (AvgIpc) is 2.30. The van der Waals surface area contributed by atoms with Crippen LogP contribution in [-0.2, 0) is 0 Å². The lowest BCUT2D eigenvalue weighted by Gasteiger charge is -2.07. The highest BCUT2D eigenvalue weighted by Gasteiger charge is 2.14. The molecule has 0 atom stereocenters. The Morgan fingerprint density at radius 1 is 1.24 bits per heavy atom. The summed E-state index contributed by atoms with van der Waals surface area (Å²) in [7, 11) is 0. The van der Waals surface area contributed by atoms with E-state index in [2.05, 4.69) is 4.98 Å². The maximum Gasteiger partial charge on any atom is 0.151 e. The van der Waals surface area contributed by atoms with Crippen LogP contribution < -0.4 is 0 Å². The molecule has 2 nitrogen and oxygen atoms in total. The fraction of sp³-hybridized carbons (Fsp3) is 0. The van der Waals surface area contributed by atoms with Crippen LogP contribution in [0, 0.1) is 5.82 Å². The van der Waals surface area contributed by atoms with Crippen molar-refractivity contribution < 1.29 is 9.18 Å². The Hall–Kier alpha value is -1.45. The Kier molecular flexibility index (Phi) is 3.41. The zero-order chi connectivity index (χ0) is 12.4. The Bertz CT molecular complexity index is 566. The molecule has 0 bridgehead atoms. The molecule has 0 fully saturated rings. The molecule has 1 aromatic carbocycles. The van der Waals surface area contributed by atoms with Crippen molar-refractivity contribution in [3.63, 3.8) is 0 Å². The molecule has 0 amide bonds. The van der Waals surface area contributed by atoms with Crippen LogP contribution in [0.3, 0.4) is 0 Å². The maximum absolute atomic E-state index is 13.7. The minimum absolute atomic E-state index is 0.0335. The molecule has 1 aromatic heterocycles. The number of hydrogen-bond acceptors (Lipinski definition) is 2. The summed E-state index contributed by atoms with van der Waals surface area (Å²) >= 11 is 11.9. The largest absolute Gasteiger partial charge is 0.298 e. The summed E-state index contributed by atoms with van der Waals surface area (Å²) in [5.41, 5.74) is 0.520. The predicted octanol–water partition coefficient (Wildman–Crippen LogP) is 4.01. The van der Waals surface area contributed by atoms with Crippen molar-refractivity contribution in [1.29, 1.82) is 0 Å². The summed E-state index contributed by atoms with van der Waals surface area (Å²) in [6, 6.07) is 5.94. The smallest absolute Gasteiger partial charge is 0.151 e. The van der Waals surface area contributed by atoms with Crippen LogP contribution in [0.25, 0.3) is 11.3 Å². The van der Waals surface area contributed by atoms with Crippen LogP contribution >= 0.6 is 23.2 Å². The highest BCUT2D eigenvalue weighted by atomic mass is 35.5. The zero-order valence-corrected chi connectivity index (χ0v) is 9.97. The van der Waals surface area contributed by atoms with Gasteiger partial charge in [0.05, 0.1) is 10.0 Å². The Morgan fingerprint density at radius 2 is 1.88 bits per heavy atom. The molecular weight excluding hydrogens is 264 g/mol. The molecule has 2 aromatic rings. The molecule has 0 unspecified atom stereocenters. The normalized spacial score (nSPS) is 10.3. The van der Waals surface area contributed by atoms with Gasteiger partial charge in [-0.3, -0.25) is 9.78 Å². The van der Waals surface area contributed by atoms with Gasteiger partial charge >= 0.3 is 0 Å². The van der Waals surface area contributed by atoms with Gasteiger partial charge in [0.1, 0.15) is 11.5 Å². The summed E-state index contributed by atoms with van der Waals surface area (Å²) in [5, 5.41) is 0.616. The third kappa shape index (κ3) is 2.30. The van der Waals surface area contributed by atoms with E-state index in [1.54, 1.807) is 18.2 Å². The molecule has 0 aliphatic heterocycles. The fourth-order valence-electron chi connectivity index (χ4n) is 1.43. The lowest BCUT2D eigenvalue weighted by Crippen LogP contribution is -1.93. The number of nitrogens with zero attached hydrogens (tertiary/aromatic N) is 1. The van der Waals surface area contributed by atoms with Crippen molar-refractivity contribution in [2.45, 2.75) is 0 Å². The first kappa shape index (κ1) is 12.0. The van der Waals surface area contributed by atoms with Crippen LogP contribution in [0.4, 0.5) is 4.39 Å². The van der Waals surface area contributed by atoms with E-state index < -0.39 is 5.82 Å². The number of carbonyl (C=O) groups excluding carboxylic acids is 1. The first-order chi connectivity index (χ1) is 8.13. The van der Waals surface area contributed by atoms with Crippen LogP contribution in [0.1, 0.15) is 10.4 Å². The van der Waals surface area contributed by atoms with Crippen LogP contribution in [-0.4, -0.2) is 11.3 Å². The number of halogens is 3. The second-order valence-corrected chi connectivity index (χ2v) is 4.13. The Balaban J connectivity index is 2.65. The van der Waals surface area contributed by atoms with E-state index >= 15 is 0 Å². The molecule has 1 heterocycles. The summed E-state index contributed by atoms with van der Waals surface area (Å²) in [5.74, 6) is -0.635. The molecule has 0 saturated carbocycles. The van der Waals surface area contributed by atoms with Gasteiger partial charge in [-0.1, -0.05) is 29.3 Å². The lowest BCUT2D eigenvalue weighted by molar-refractivity contribution is 0.112. The molecule has 0 aliphatic rings. The SMILES string of the molecule is O=Cc1cnc(-c2c(Cl)cccc2Cl)c(F)c1. The second-order valence-electron chi connectivity index (χ2n) is 3.31. The van der Waals surface area contributed by atoms with Crippen molar-refractivity contribution in [3.05, 3.63) is 51.9 Å². The number of aromatic nitrogens is 1. The van der Waals surface area contributed by atoms with Crippen molar-refractivity contribution in [2.24, 2.45) is 0 Å². The van der Waals surface area contributed by atoms with Crippen molar-refractivity contribution in [3.8, 4) is 11.3 Å². The Morgan fingerprint density at radius 3 is 2.41 bits per heavy atom. The molecule has 5 heteroatoms. The van der Waals surface area contributed by atoms with E-state index in [0.29, 0.717) is 21.9 Å². The van der Waals surface area contributed by atoms with E-state index in [-0.39, 0.29) is 11.3 Å². The summed E-state index contributed by atoms with van der Waals surface area (Å²) < 4.78 is 13.7. The number of hydrogen-bond donors (Lipinski definition) is 0. The first-order valence-electron chi connectivity index (χ1n) is 4.68. The lowest BCUT2D eigenvalue weighted by atomic mass is 10.1. The summed E-state index contributed by atoms with van der Waals surface area (Å²) in [4.78, 5) is 14.3. The average molecular weight is 270 g/mol. The van der Waals surface area contributed by atoms with Gasteiger partial charge in [-0.2, -0.15) is 0 Å². The minimum atomic E-state index is -0.635. The monoisotopic (exact) mass is 269 g/mol. The van der Waals surface area contributed by atoms with Gasteiger partial charge in [0.15, 0.2) is 6.29 Å². The topological polar surface area (TPSA) is 30.0 Å². The minimum Gasteiger partial charge on any atom is -0.298 e. The molecule has 17 heavy (non-hydrogen) atoms. The number of rotatable bonds is 2. The molecule has 86 valence electrons. The van der Waals surface area contributed by atoms with Crippen LogP contribution in [0.15, 0.2) is 30.5 Å². The van der Waals surface area contributed by atoms with E-state index in [1.807, 2.05) is 0 Å². The number of carbonyl (C=O) groups is 1. The zero-order valence-electron chi connectivity index (χ0n) is 8.45. The molecule has 0 saturated heterocycles. The van der Waals surface area contributed by atoms with Gasteiger partial charge in [0.25, 0.3) is 0 Å². The first-order valence-corrected chi connectivity index (χ1v) is 5.44. The molecule has 0 spiro atoms. The number of benzene rings is 1. The van der Waals surface area contributed by atoms with E-state index in [1.165, 1.54) is 6.20 Å². The molecule has 0 N–H and O–H groups in total. The van der Waals surface area contributed by atoms with Crippen molar-refractivity contribution in [1.82, 2.24) is 4.98 Å². The van der Waals surface area contributed by atoms with Gasteiger partial charge in [0.2, 0.25) is 0 Å². The maximum atomic E-state index is 13.7. The number of aldehydes is 1. The van der Waals surface area contributed by atoms with Crippen molar-refractivity contribution in [2.75, 3.05) is 0 Å². The highest BCUT2D eigenvalue weighted by molar-refractivity contribution is 6.39. The second kappa shape index (κ2) is 4.82. The van der Waals surface area contributed by atoms with E-state index in [9.17, 15) is 9.18 Å².